The van der Waals surface area contributed by atoms with Crippen molar-refractivity contribution in [3.63, 3.8) is 0 Å². The van der Waals surface area contributed by atoms with Crippen molar-refractivity contribution in [2.75, 3.05) is 46.8 Å². The molecular weight excluding hydrogens is 823 g/mol. The largest absolute Gasteiger partial charge is 0.445 e. The maximum Gasteiger partial charge on any atom is 0.410 e. The summed E-state index contributed by atoms with van der Waals surface area (Å²) in [5.74, 6) is -2.51. The number of benzene rings is 1. The molecule has 0 unspecified atom stereocenters. The first-order valence-corrected chi connectivity index (χ1v) is 22.7. The molecule has 0 saturated carbocycles. The van der Waals surface area contributed by atoms with E-state index in [0.29, 0.717) is 62.9 Å². The number of nitrogens with one attached hydrogen (secondary N) is 3. The third kappa shape index (κ3) is 20.2. The molecule has 64 heavy (non-hydrogen) atoms. The Morgan fingerprint density at radius 1 is 0.828 bits per heavy atom. The zero-order valence-corrected chi connectivity index (χ0v) is 41.3. The summed E-state index contributed by atoms with van der Waals surface area (Å²) in [6, 6.07) is 3.64. The van der Waals surface area contributed by atoms with Crippen LogP contribution in [0, 0.1) is 17.8 Å². The molecule has 0 radical (unpaired) electrons. The lowest BCUT2D eigenvalue weighted by atomic mass is 9.89. The van der Waals surface area contributed by atoms with Gasteiger partial charge in [0.15, 0.2) is 0 Å². The minimum atomic E-state index is -0.965. The van der Waals surface area contributed by atoms with Gasteiger partial charge in [0.2, 0.25) is 29.5 Å². The van der Waals surface area contributed by atoms with Gasteiger partial charge in [-0.3, -0.25) is 28.9 Å². The quantitative estimate of drug-likeness (QED) is 0.0636. The van der Waals surface area contributed by atoms with Gasteiger partial charge in [0, 0.05) is 47.0 Å². The van der Waals surface area contributed by atoms with Crippen LogP contribution in [0.2, 0.25) is 0 Å². The summed E-state index contributed by atoms with van der Waals surface area (Å²) in [5, 5.41) is 8.63. The molecule has 17 heteroatoms. The van der Waals surface area contributed by atoms with Gasteiger partial charge < -0.3 is 51.3 Å². The smallest absolute Gasteiger partial charge is 0.410 e. The highest BCUT2D eigenvalue weighted by Gasteiger charge is 2.39. The Kier molecular flexibility index (Phi) is 25.1. The van der Waals surface area contributed by atoms with E-state index in [1.54, 1.807) is 52.3 Å². The molecule has 1 aromatic rings. The lowest BCUT2D eigenvalue weighted by molar-refractivity contribution is -0.144. The highest BCUT2D eigenvalue weighted by Crippen LogP contribution is 2.24. The number of ether oxygens (including phenoxy) is 4. The molecule has 366 valence electrons. The molecule has 1 aromatic carbocycles. The summed E-state index contributed by atoms with van der Waals surface area (Å²) in [7, 11) is 6.26. The number of rotatable bonds is 30. The fourth-order valence-electron chi connectivity index (χ4n) is 7.20. The molecule has 0 aliphatic carbocycles. The Balaban J connectivity index is 2.70. The number of methoxy groups -OCH3 is 2. The van der Waals surface area contributed by atoms with Crippen LogP contribution in [0.5, 0.6) is 0 Å². The molecule has 0 aromatic heterocycles. The second kappa shape index (κ2) is 27.9. The SMILES string of the molecule is CC[C@H](C)[C@@H]([C@@H](CC(N)=O)OC)N(C)C(=O)[C@@H](NC(=O)[C@H](C(C)C)N(C)C(=O)OCc1ccc(NC(=O)[C@@H](N)CCCCNC(=O)CCC(C)(C)OCCC(C)(C)OC)cc1)C(C)C. The van der Waals surface area contributed by atoms with Gasteiger partial charge in [0.1, 0.15) is 18.7 Å². The Hall–Kier alpha value is -4.32. The first kappa shape index (κ1) is 57.7. The monoisotopic (exact) mass is 906 g/mol. The Labute approximate surface area is 383 Å². The normalized spacial score (nSPS) is 14.8. The molecule has 0 fully saturated rings. The first-order chi connectivity index (χ1) is 29.8. The number of carbonyl (C=O) groups is 6. The zero-order chi connectivity index (χ0) is 48.9. The molecule has 1 rings (SSSR count). The average Bonchev–Trinajstić information content (AvgIpc) is 3.22. The van der Waals surface area contributed by atoms with Gasteiger partial charge in [-0.1, -0.05) is 60.1 Å². The van der Waals surface area contributed by atoms with Gasteiger partial charge in [0.25, 0.3) is 0 Å². The van der Waals surface area contributed by atoms with E-state index < -0.39 is 53.8 Å². The lowest BCUT2D eigenvalue weighted by Crippen LogP contribution is -2.60. The van der Waals surface area contributed by atoms with Gasteiger partial charge in [-0.2, -0.15) is 0 Å². The zero-order valence-electron chi connectivity index (χ0n) is 41.3. The van der Waals surface area contributed by atoms with E-state index in [0.717, 1.165) is 6.42 Å². The number of unbranched alkanes of at least 4 members (excludes halogenated alkanes) is 1. The second-order valence-electron chi connectivity index (χ2n) is 18.8. The van der Waals surface area contributed by atoms with Gasteiger partial charge >= 0.3 is 6.09 Å². The van der Waals surface area contributed by atoms with Crippen molar-refractivity contribution in [3.05, 3.63) is 29.8 Å². The predicted octanol–water partition coefficient (Wildman–Crippen LogP) is 5.13. The number of nitrogens with zero attached hydrogens (tertiary/aromatic N) is 2. The van der Waals surface area contributed by atoms with E-state index in [2.05, 4.69) is 16.0 Å². The van der Waals surface area contributed by atoms with E-state index in [1.165, 1.54) is 24.0 Å². The topological polar surface area (TPSA) is 234 Å². The number of likely N-dealkylation sites (N-methyl/N-ethyl adjacent to an activating group) is 2. The Bertz CT molecular complexity index is 1620. The molecular formula is C47H83N7O10. The van der Waals surface area contributed by atoms with Crippen molar-refractivity contribution in [1.29, 1.82) is 0 Å². The molecule has 0 aliphatic rings. The van der Waals surface area contributed by atoms with Crippen LogP contribution in [0.25, 0.3) is 0 Å². The van der Waals surface area contributed by atoms with Crippen LogP contribution in [0.3, 0.4) is 0 Å². The molecule has 0 heterocycles. The van der Waals surface area contributed by atoms with Gasteiger partial charge in [-0.15, -0.1) is 0 Å². The van der Waals surface area contributed by atoms with E-state index in [1.807, 2.05) is 55.4 Å². The Morgan fingerprint density at radius 3 is 1.98 bits per heavy atom. The minimum Gasteiger partial charge on any atom is -0.445 e. The lowest BCUT2D eigenvalue weighted by Gasteiger charge is -2.40. The number of carbonyl (C=O) groups excluding carboxylic acids is 6. The van der Waals surface area contributed by atoms with Crippen molar-refractivity contribution in [2.45, 2.75) is 169 Å². The molecule has 6 atom stereocenters. The molecule has 0 bridgehead atoms. The number of anilines is 1. The van der Waals surface area contributed by atoms with Crippen LogP contribution in [-0.4, -0.2) is 128 Å². The van der Waals surface area contributed by atoms with Crippen LogP contribution in [-0.2, 0) is 49.5 Å². The van der Waals surface area contributed by atoms with Crippen molar-refractivity contribution in [2.24, 2.45) is 29.2 Å². The van der Waals surface area contributed by atoms with Crippen molar-refractivity contribution in [1.82, 2.24) is 20.4 Å². The standard InChI is InChI=1S/C47H83N7O10/c1-15-32(6)41(36(61-13)28-37(49)55)53(11)44(59)39(30(2)3)52-43(58)40(31(4)5)54(12)45(60)63-29-33-19-21-34(22-20-33)51-42(57)35(48)18-16-17-26-50-38(56)23-24-47(9,10)64-27-25-46(7,8)62-14/h19-22,30-32,35-36,39-41H,15-18,23-29,48H2,1-14H3,(H2,49,55)(H,50,56)(H,51,57)(H,52,58)/t32-,35-,36+,39-,40-,41-/m0/s1. The molecule has 17 nitrogen and oxygen atoms in total. The molecule has 6 amide bonds. The van der Waals surface area contributed by atoms with Crippen LogP contribution in [0.4, 0.5) is 10.5 Å². The summed E-state index contributed by atoms with van der Waals surface area (Å²) in [6.07, 6.45) is 2.71. The minimum absolute atomic E-state index is 0.0465. The number of primary amides is 1. The van der Waals surface area contributed by atoms with E-state index >= 15 is 0 Å². The van der Waals surface area contributed by atoms with Crippen LogP contribution in [0.15, 0.2) is 24.3 Å². The highest BCUT2D eigenvalue weighted by atomic mass is 16.6. The summed E-state index contributed by atoms with van der Waals surface area (Å²) < 4.78 is 22.6. The van der Waals surface area contributed by atoms with Gasteiger partial charge in [0.05, 0.1) is 42.4 Å². The first-order valence-electron chi connectivity index (χ1n) is 22.7. The fourth-order valence-corrected chi connectivity index (χ4v) is 7.20. The maximum absolute atomic E-state index is 14.0. The third-order valence-corrected chi connectivity index (χ3v) is 11.8. The summed E-state index contributed by atoms with van der Waals surface area (Å²) >= 11 is 0. The van der Waals surface area contributed by atoms with E-state index in [9.17, 15) is 28.8 Å². The van der Waals surface area contributed by atoms with Gasteiger partial charge in [-0.05, 0) is 95.2 Å². The number of hydrogen-bond donors (Lipinski definition) is 5. The van der Waals surface area contributed by atoms with Crippen LogP contribution < -0.4 is 27.4 Å². The molecule has 0 aliphatic heterocycles. The number of amides is 6. The Morgan fingerprint density at radius 2 is 1.45 bits per heavy atom. The van der Waals surface area contributed by atoms with Crippen molar-refractivity contribution < 1.29 is 47.7 Å². The molecule has 0 spiro atoms. The van der Waals surface area contributed by atoms with Gasteiger partial charge in [-0.25, -0.2) is 4.79 Å². The van der Waals surface area contributed by atoms with E-state index in [-0.39, 0.29) is 54.1 Å². The summed E-state index contributed by atoms with van der Waals surface area (Å²) in [6.45, 7) is 20.1. The van der Waals surface area contributed by atoms with Crippen LogP contribution in [0.1, 0.15) is 126 Å². The molecule has 0 saturated heterocycles. The van der Waals surface area contributed by atoms with Crippen LogP contribution >= 0.6 is 0 Å². The van der Waals surface area contributed by atoms with E-state index in [4.69, 9.17) is 30.4 Å². The average molecular weight is 906 g/mol. The number of hydrogen-bond acceptors (Lipinski definition) is 11. The number of nitrogens with two attached hydrogens (primary N) is 2. The predicted molar refractivity (Wildman–Crippen MR) is 249 cm³/mol. The molecule has 7 N–H and O–H groups in total. The summed E-state index contributed by atoms with van der Waals surface area (Å²) in [4.78, 5) is 81.0. The second-order valence-corrected chi connectivity index (χ2v) is 18.8. The van der Waals surface area contributed by atoms with Crippen molar-refractivity contribution >= 4 is 41.3 Å². The third-order valence-electron chi connectivity index (χ3n) is 11.8. The highest BCUT2D eigenvalue weighted by molar-refractivity contribution is 5.94. The fraction of sp³-hybridized carbons (Fsp3) is 0.745. The maximum atomic E-state index is 14.0. The van der Waals surface area contributed by atoms with Crippen molar-refractivity contribution in [3.8, 4) is 0 Å². The summed E-state index contributed by atoms with van der Waals surface area (Å²) in [5.41, 5.74) is 12.1.